The third kappa shape index (κ3) is 3.40. The number of hydrogen-bond donors (Lipinski definition) is 1. The lowest BCUT2D eigenvalue weighted by atomic mass is 10.2. The summed E-state index contributed by atoms with van der Waals surface area (Å²) in [6.07, 6.45) is 0. The van der Waals surface area contributed by atoms with E-state index >= 15 is 0 Å². The van der Waals surface area contributed by atoms with Gasteiger partial charge >= 0.3 is 0 Å². The highest BCUT2D eigenvalue weighted by Crippen LogP contribution is 2.22. The zero-order valence-corrected chi connectivity index (χ0v) is 13.3. The highest BCUT2D eigenvalue weighted by atomic mass is 35.5. The molecule has 0 atom stereocenters. The fourth-order valence-electron chi connectivity index (χ4n) is 2.00. The molecule has 22 heavy (non-hydrogen) atoms. The Balaban J connectivity index is 1.72. The molecule has 0 radical (unpaired) electrons. The van der Waals surface area contributed by atoms with Gasteiger partial charge in [0.2, 0.25) is 11.7 Å². The van der Waals surface area contributed by atoms with E-state index in [2.05, 4.69) is 15.5 Å². The van der Waals surface area contributed by atoms with Crippen LogP contribution in [0.2, 0.25) is 10.0 Å². The van der Waals surface area contributed by atoms with Crippen molar-refractivity contribution >= 4 is 28.9 Å². The van der Waals surface area contributed by atoms with Gasteiger partial charge in [-0.25, -0.2) is 0 Å². The zero-order valence-electron chi connectivity index (χ0n) is 11.8. The molecule has 112 valence electrons. The average Bonchev–Trinajstić information content (AvgIpc) is 2.98. The molecule has 3 rings (SSSR count). The van der Waals surface area contributed by atoms with Crippen LogP contribution in [0, 0.1) is 6.92 Å². The van der Waals surface area contributed by atoms with Gasteiger partial charge in [0.25, 0.3) is 0 Å². The number of hydrogen-bond acceptors (Lipinski definition) is 4. The molecule has 0 unspecified atom stereocenters. The molecule has 0 fully saturated rings. The Morgan fingerprint density at radius 2 is 1.77 bits per heavy atom. The van der Waals surface area contributed by atoms with E-state index in [1.165, 1.54) is 0 Å². The third-order valence-corrected chi connectivity index (χ3v) is 3.69. The second-order valence-electron chi connectivity index (χ2n) is 4.83. The van der Waals surface area contributed by atoms with Crippen molar-refractivity contribution in [3.63, 3.8) is 0 Å². The molecule has 0 saturated heterocycles. The summed E-state index contributed by atoms with van der Waals surface area (Å²) in [7, 11) is 0. The van der Waals surface area contributed by atoms with Gasteiger partial charge in [0.15, 0.2) is 0 Å². The van der Waals surface area contributed by atoms with Crippen LogP contribution < -0.4 is 5.32 Å². The molecule has 0 spiro atoms. The number of nitrogens with one attached hydrogen (secondary N) is 1. The predicted octanol–water partition coefficient (Wildman–Crippen LogP) is 4.96. The fourth-order valence-corrected chi connectivity index (χ4v) is 2.30. The standard InChI is InChI=1S/C16H13Cl2N3O/c1-10-2-5-13(18)8-14(10)19-9-15-20-16(21-22-15)11-3-6-12(17)7-4-11/h2-8,19H,9H2,1H3. The fraction of sp³-hybridized carbons (Fsp3) is 0.125. The number of aryl methyl sites for hydroxylation is 1. The lowest BCUT2D eigenvalue weighted by Gasteiger charge is -2.07. The van der Waals surface area contributed by atoms with Crippen molar-refractivity contribution < 1.29 is 4.52 Å². The van der Waals surface area contributed by atoms with Crippen LogP contribution in [0.5, 0.6) is 0 Å². The summed E-state index contributed by atoms with van der Waals surface area (Å²) in [5.41, 5.74) is 2.90. The molecule has 4 nitrogen and oxygen atoms in total. The van der Waals surface area contributed by atoms with Crippen molar-refractivity contribution in [2.45, 2.75) is 13.5 Å². The maximum Gasteiger partial charge on any atom is 0.246 e. The summed E-state index contributed by atoms with van der Waals surface area (Å²) in [6, 6.07) is 13.0. The zero-order chi connectivity index (χ0) is 15.5. The molecule has 0 aliphatic carbocycles. The van der Waals surface area contributed by atoms with E-state index in [0.29, 0.717) is 28.3 Å². The maximum absolute atomic E-state index is 5.99. The SMILES string of the molecule is Cc1ccc(Cl)cc1NCc1nc(-c2ccc(Cl)cc2)no1. The predicted molar refractivity (Wildman–Crippen MR) is 88.3 cm³/mol. The van der Waals surface area contributed by atoms with Gasteiger partial charge in [0.05, 0.1) is 6.54 Å². The van der Waals surface area contributed by atoms with Crippen LogP contribution in [-0.4, -0.2) is 10.1 Å². The Morgan fingerprint density at radius 3 is 2.55 bits per heavy atom. The molecule has 1 aromatic heterocycles. The Hall–Kier alpha value is -2.04. The molecule has 0 aliphatic rings. The van der Waals surface area contributed by atoms with Crippen LogP contribution in [0.1, 0.15) is 11.5 Å². The molecule has 2 aromatic carbocycles. The number of anilines is 1. The van der Waals surface area contributed by atoms with Gasteiger partial charge in [-0.1, -0.05) is 34.4 Å². The molecule has 0 aliphatic heterocycles. The van der Waals surface area contributed by atoms with Crippen molar-refractivity contribution in [3.8, 4) is 11.4 Å². The minimum Gasteiger partial charge on any atom is -0.376 e. The van der Waals surface area contributed by atoms with E-state index in [1.807, 2.05) is 37.3 Å². The van der Waals surface area contributed by atoms with E-state index < -0.39 is 0 Å². The van der Waals surface area contributed by atoms with Crippen LogP contribution in [0.25, 0.3) is 11.4 Å². The molecular weight excluding hydrogens is 321 g/mol. The highest BCUT2D eigenvalue weighted by Gasteiger charge is 2.09. The quantitative estimate of drug-likeness (QED) is 0.732. The van der Waals surface area contributed by atoms with Crippen LogP contribution in [0.15, 0.2) is 47.0 Å². The van der Waals surface area contributed by atoms with Crippen molar-refractivity contribution in [1.82, 2.24) is 10.1 Å². The molecule has 1 N–H and O–H groups in total. The first kappa shape index (κ1) is 14.9. The molecule has 1 heterocycles. The Labute approximate surface area is 138 Å². The summed E-state index contributed by atoms with van der Waals surface area (Å²) in [4.78, 5) is 4.36. The Morgan fingerprint density at radius 1 is 1.05 bits per heavy atom. The normalized spacial score (nSPS) is 10.7. The topological polar surface area (TPSA) is 51.0 Å². The van der Waals surface area contributed by atoms with E-state index in [9.17, 15) is 0 Å². The highest BCUT2D eigenvalue weighted by molar-refractivity contribution is 6.31. The van der Waals surface area contributed by atoms with E-state index in [0.717, 1.165) is 16.8 Å². The molecule has 0 bridgehead atoms. The first-order valence-electron chi connectivity index (χ1n) is 6.70. The maximum atomic E-state index is 5.99. The van der Waals surface area contributed by atoms with Gasteiger partial charge in [0.1, 0.15) is 0 Å². The molecular formula is C16H13Cl2N3O. The molecule has 6 heteroatoms. The van der Waals surface area contributed by atoms with Crippen LogP contribution in [0.4, 0.5) is 5.69 Å². The summed E-state index contributed by atoms with van der Waals surface area (Å²) < 4.78 is 5.25. The minimum atomic E-state index is 0.432. The third-order valence-electron chi connectivity index (χ3n) is 3.20. The average molecular weight is 334 g/mol. The lowest BCUT2D eigenvalue weighted by molar-refractivity contribution is 0.384. The minimum absolute atomic E-state index is 0.432. The van der Waals surface area contributed by atoms with Crippen molar-refractivity contribution in [2.75, 3.05) is 5.32 Å². The summed E-state index contributed by atoms with van der Waals surface area (Å²) in [6.45, 7) is 2.44. The first-order chi connectivity index (χ1) is 10.6. The van der Waals surface area contributed by atoms with Gasteiger partial charge in [-0.2, -0.15) is 4.98 Å². The van der Waals surface area contributed by atoms with E-state index in [1.54, 1.807) is 12.1 Å². The smallest absolute Gasteiger partial charge is 0.246 e. The van der Waals surface area contributed by atoms with Gasteiger partial charge in [-0.15, -0.1) is 0 Å². The summed E-state index contributed by atoms with van der Waals surface area (Å²) >= 11 is 11.9. The van der Waals surface area contributed by atoms with E-state index in [-0.39, 0.29) is 0 Å². The molecule has 0 amide bonds. The Kier molecular flexibility index (Phi) is 4.32. The number of rotatable bonds is 4. The van der Waals surface area contributed by atoms with Gasteiger partial charge in [-0.05, 0) is 48.9 Å². The van der Waals surface area contributed by atoms with Gasteiger partial charge < -0.3 is 9.84 Å². The monoisotopic (exact) mass is 333 g/mol. The van der Waals surface area contributed by atoms with Crippen LogP contribution in [0.3, 0.4) is 0 Å². The summed E-state index contributed by atoms with van der Waals surface area (Å²) in [5, 5.41) is 8.57. The van der Waals surface area contributed by atoms with Crippen molar-refractivity contribution in [2.24, 2.45) is 0 Å². The number of benzene rings is 2. The molecule has 3 aromatic rings. The number of aromatic nitrogens is 2. The number of halogens is 2. The van der Waals surface area contributed by atoms with Gasteiger partial charge in [-0.3, -0.25) is 0 Å². The molecule has 0 saturated carbocycles. The van der Waals surface area contributed by atoms with Crippen LogP contribution >= 0.6 is 23.2 Å². The lowest BCUT2D eigenvalue weighted by Crippen LogP contribution is -2.01. The largest absolute Gasteiger partial charge is 0.376 e. The number of nitrogens with zero attached hydrogens (tertiary/aromatic N) is 2. The van der Waals surface area contributed by atoms with Crippen LogP contribution in [-0.2, 0) is 6.54 Å². The second kappa shape index (κ2) is 6.38. The second-order valence-corrected chi connectivity index (χ2v) is 5.70. The van der Waals surface area contributed by atoms with Crippen molar-refractivity contribution in [3.05, 3.63) is 64.0 Å². The first-order valence-corrected chi connectivity index (χ1v) is 7.46. The van der Waals surface area contributed by atoms with E-state index in [4.69, 9.17) is 27.7 Å². The Bertz CT molecular complexity index is 784. The van der Waals surface area contributed by atoms with Crippen molar-refractivity contribution in [1.29, 1.82) is 0 Å². The summed E-state index contributed by atoms with van der Waals surface area (Å²) in [5.74, 6) is 1.04. The van der Waals surface area contributed by atoms with Gasteiger partial charge in [0, 0.05) is 21.3 Å².